The van der Waals surface area contributed by atoms with Gasteiger partial charge in [0.25, 0.3) is 0 Å². The van der Waals surface area contributed by atoms with E-state index in [-0.39, 0.29) is 6.10 Å². The van der Waals surface area contributed by atoms with E-state index in [4.69, 9.17) is 0 Å². The molecule has 0 radical (unpaired) electrons. The summed E-state index contributed by atoms with van der Waals surface area (Å²) < 4.78 is 0. The Morgan fingerprint density at radius 2 is 1.64 bits per heavy atom. The van der Waals surface area contributed by atoms with Crippen molar-refractivity contribution in [2.24, 2.45) is 23.7 Å². The van der Waals surface area contributed by atoms with Crippen LogP contribution in [0.1, 0.15) is 51.4 Å². The lowest BCUT2D eigenvalue weighted by Gasteiger charge is -2.35. The van der Waals surface area contributed by atoms with Gasteiger partial charge in [0.15, 0.2) is 0 Å². The second-order valence-corrected chi connectivity index (χ2v) is 5.92. The Morgan fingerprint density at radius 1 is 0.786 bits per heavy atom. The first-order chi connectivity index (χ1) is 6.83. The quantitative estimate of drug-likeness (QED) is 0.680. The highest BCUT2D eigenvalue weighted by Crippen LogP contribution is 2.53. The molecule has 14 heavy (non-hydrogen) atoms. The summed E-state index contributed by atoms with van der Waals surface area (Å²) in [5.74, 6) is 4.01. The van der Waals surface area contributed by atoms with Crippen molar-refractivity contribution in [3.05, 3.63) is 0 Å². The van der Waals surface area contributed by atoms with Gasteiger partial charge >= 0.3 is 0 Å². The van der Waals surface area contributed by atoms with Gasteiger partial charge in [-0.3, -0.25) is 0 Å². The van der Waals surface area contributed by atoms with E-state index in [1.165, 1.54) is 38.5 Å². The van der Waals surface area contributed by atoms with Crippen LogP contribution in [-0.4, -0.2) is 11.2 Å². The molecule has 0 saturated heterocycles. The maximum atomic E-state index is 9.71. The van der Waals surface area contributed by atoms with Crippen molar-refractivity contribution in [2.75, 3.05) is 0 Å². The van der Waals surface area contributed by atoms with Gasteiger partial charge in [-0.1, -0.05) is 12.8 Å². The topological polar surface area (TPSA) is 20.2 Å². The highest BCUT2D eigenvalue weighted by Gasteiger charge is 2.43. The molecule has 0 amide bonds. The van der Waals surface area contributed by atoms with Crippen molar-refractivity contribution in [1.29, 1.82) is 0 Å². The highest BCUT2D eigenvalue weighted by atomic mass is 16.3. The SMILES string of the molecule is O[C@@H]1CCC[C@@H]([C@@H]2C[C@H]3CC[C@H]2C3)C1. The van der Waals surface area contributed by atoms with Crippen molar-refractivity contribution in [3.8, 4) is 0 Å². The van der Waals surface area contributed by atoms with Gasteiger partial charge in [-0.05, 0) is 62.2 Å². The monoisotopic (exact) mass is 194 g/mol. The van der Waals surface area contributed by atoms with Crippen LogP contribution in [0.2, 0.25) is 0 Å². The molecular formula is C13H22O. The van der Waals surface area contributed by atoms with Gasteiger partial charge in [-0.25, -0.2) is 0 Å². The van der Waals surface area contributed by atoms with Gasteiger partial charge in [0.05, 0.1) is 6.10 Å². The van der Waals surface area contributed by atoms with Crippen molar-refractivity contribution in [3.63, 3.8) is 0 Å². The van der Waals surface area contributed by atoms with Crippen LogP contribution < -0.4 is 0 Å². The molecule has 0 aliphatic heterocycles. The van der Waals surface area contributed by atoms with Gasteiger partial charge in [0.1, 0.15) is 0 Å². The zero-order valence-corrected chi connectivity index (χ0v) is 8.99. The molecule has 80 valence electrons. The highest BCUT2D eigenvalue weighted by molar-refractivity contribution is 4.94. The molecular weight excluding hydrogens is 172 g/mol. The third-order valence-corrected chi connectivity index (χ3v) is 5.09. The minimum absolute atomic E-state index is 0.0351. The first-order valence-corrected chi connectivity index (χ1v) is 6.51. The van der Waals surface area contributed by atoms with E-state index in [1.54, 1.807) is 0 Å². The maximum Gasteiger partial charge on any atom is 0.0543 e. The van der Waals surface area contributed by atoms with Crippen LogP contribution in [0.25, 0.3) is 0 Å². The third kappa shape index (κ3) is 1.50. The van der Waals surface area contributed by atoms with E-state index >= 15 is 0 Å². The molecule has 0 unspecified atom stereocenters. The maximum absolute atomic E-state index is 9.71. The van der Waals surface area contributed by atoms with E-state index in [0.29, 0.717) is 0 Å². The van der Waals surface area contributed by atoms with Crippen LogP contribution in [0.5, 0.6) is 0 Å². The van der Waals surface area contributed by atoms with E-state index in [2.05, 4.69) is 0 Å². The Bertz CT molecular complexity index is 213. The molecule has 0 aromatic carbocycles. The summed E-state index contributed by atoms with van der Waals surface area (Å²) in [5.41, 5.74) is 0. The normalized spacial score (nSPS) is 52.5. The van der Waals surface area contributed by atoms with Gasteiger partial charge in [-0.2, -0.15) is 0 Å². The Hall–Kier alpha value is -0.0400. The smallest absolute Gasteiger partial charge is 0.0543 e. The van der Waals surface area contributed by atoms with Crippen LogP contribution in [0.3, 0.4) is 0 Å². The van der Waals surface area contributed by atoms with Crippen LogP contribution in [0.15, 0.2) is 0 Å². The number of fused-ring (bicyclic) bond motifs is 2. The molecule has 3 aliphatic carbocycles. The lowest BCUT2D eigenvalue weighted by atomic mass is 9.72. The Kier molecular flexibility index (Phi) is 2.31. The standard InChI is InChI=1S/C13H22O/c14-12-3-1-2-10(8-12)13-7-9-4-5-11(13)6-9/h9-14H,1-8H2/t9-,10+,11-,12+,13-/m0/s1. The van der Waals surface area contributed by atoms with Gasteiger partial charge in [0, 0.05) is 0 Å². The summed E-state index contributed by atoms with van der Waals surface area (Å²) in [7, 11) is 0. The molecule has 3 aliphatic rings. The molecule has 3 saturated carbocycles. The summed E-state index contributed by atoms with van der Waals surface area (Å²) in [5, 5.41) is 9.71. The van der Waals surface area contributed by atoms with Crippen molar-refractivity contribution >= 4 is 0 Å². The zero-order chi connectivity index (χ0) is 9.54. The number of hydrogen-bond acceptors (Lipinski definition) is 1. The molecule has 1 heteroatoms. The number of hydrogen-bond donors (Lipinski definition) is 1. The minimum Gasteiger partial charge on any atom is -0.393 e. The van der Waals surface area contributed by atoms with Crippen LogP contribution in [0.4, 0.5) is 0 Å². The molecule has 0 aromatic rings. The first kappa shape index (κ1) is 9.21. The van der Waals surface area contributed by atoms with E-state index in [0.717, 1.165) is 36.5 Å². The fourth-order valence-corrected chi connectivity index (χ4v) is 4.46. The summed E-state index contributed by atoms with van der Waals surface area (Å²) in [6.07, 6.45) is 10.9. The average Bonchev–Trinajstić information content (AvgIpc) is 2.78. The van der Waals surface area contributed by atoms with Crippen LogP contribution in [0, 0.1) is 23.7 Å². The number of aliphatic hydroxyl groups excluding tert-OH is 1. The lowest BCUT2D eigenvalue weighted by Crippen LogP contribution is -2.28. The molecule has 1 N–H and O–H groups in total. The fraction of sp³-hybridized carbons (Fsp3) is 1.00. The predicted molar refractivity (Wildman–Crippen MR) is 56.9 cm³/mol. The fourth-order valence-electron chi connectivity index (χ4n) is 4.46. The number of rotatable bonds is 1. The second kappa shape index (κ2) is 3.52. The summed E-state index contributed by atoms with van der Waals surface area (Å²) in [6.45, 7) is 0. The van der Waals surface area contributed by atoms with E-state index in [9.17, 15) is 5.11 Å². The number of aliphatic hydroxyl groups is 1. The van der Waals surface area contributed by atoms with Crippen molar-refractivity contribution in [2.45, 2.75) is 57.5 Å². The molecule has 3 rings (SSSR count). The Balaban J connectivity index is 1.65. The van der Waals surface area contributed by atoms with Crippen LogP contribution in [-0.2, 0) is 0 Å². The second-order valence-electron chi connectivity index (χ2n) is 5.92. The predicted octanol–water partition coefficient (Wildman–Crippen LogP) is 2.97. The largest absolute Gasteiger partial charge is 0.393 e. The first-order valence-electron chi connectivity index (χ1n) is 6.51. The van der Waals surface area contributed by atoms with Crippen molar-refractivity contribution < 1.29 is 5.11 Å². The summed E-state index contributed by atoms with van der Waals surface area (Å²) >= 11 is 0. The molecule has 1 nitrogen and oxygen atoms in total. The summed E-state index contributed by atoms with van der Waals surface area (Å²) in [4.78, 5) is 0. The Labute approximate surface area is 86.9 Å². The van der Waals surface area contributed by atoms with Gasteiger partial charge in [-0.15, -0.1) is 0 Å². The van der Waals surface area contributed by atoms with Gasteiger partial charge in [0.2, 0.25) is 0 Å². The zero-order valence-electron chi connectivity index (χ0n) is 8.99. The van der Waals surface area contributed by atoms with Crippen molar-refractivity contribution in [1.82, 2.24) is 0 Å². The third-order valence-electron chi connectivity index (χ3n) is 5.09. The Morgan fingerprint density at radius 3 is 2.29 bits per heavy atom. The van der Waals surface area contributed by atoms with E-state index < -0.39 is 0 Å². The molecule has 0 aromatic heterocycles. The lowest BCUT2D eigenvalue weighted by molar-refractivity contribution is 0.0650. The minimum atomic E-state index is 0.0351. The van der Waals surface area contributed by atoms with E-state index in [1.807, 2.05) is 0 Å². The average molecular weight is 194 g/mol. The molecule has 0 heterocycles. The molecule has 0 spiro atoms. The molecule has 3 fully saturated rings. The van der Waals surface area contributed by atoms with Crippen LogP contribution >= 0.6 is 0 Å². The summed E-state index contributed by atoms with van der Waals surface area (Å²) in [6, 6.07) is 0. The van der Waals surface area contributed by atoms with Gasteiger partial charge < -0.3 is 5.11 Å². The molecule has 2 bridgehead atoms. The molecule has 5 atom stereocenters.